The van der Waals surface area contributed by atoms with E-state index in [-0.39, 0.29) is 11.8 Å². The number of hydrogen-bond donors (Lipinski definition) is 2. The largest absolute Gasteiger partial charge is 0.356 e. The predicted octanol–water partition coefficient (Wildman–Crippen LogP) is 6.92. The van der Waals surface area contributed by atoms with Gasteiger partial charge in [-0.05, 0) is 73.6 Å². The van der Waals surface area contributed by atoms with Gasteiger partial charge in [-0.15, -0.1) is 0 Å². The summed E-state index contributed by atoms with van der Waals surface area (Å²) in [6.45, 7) is 0.508. The third-order valence-electron chi connectivity index (χ3n) is 8.72. The van der Waals surface area contributed by atoms with Crippen LogP contribution in [-0.2, 0) is 11.2 Å². The molecule has 4 amide bonds. The van der Waals surface area contributed by atoms with Gasteiger partial charge < -0.3 is 10.3 Å². The quantitative estimate of drug-likeness (QED) is 0.192. The average molecular weight is 579 g/mol. The number of H-pyrrole nitrogens is 1. The van der Waals surface area contributed by atoms with Crippen LogP contribution in [0.1, 0.15) is 65.3 Å². The van der Waals surface area contributed by atoms with Crippen LogP contribution in [-0.4, -0.2) is 40.3 Å². The van der Waals surface area contributed by atoms with E-state index in [1.165, 1.54) is 23.3 Å². The van der Waals surface area contributed by atoms with Gasteiger partial charge in [-0.3, -0.25) is 14.5 Å². The second-order valence-electron chi connectivity index (χ2n) is 11.2. The number of halogens is 1. The summed E-state index contributed by atoms with van der Waals surface area (Å²) in [7, 11) is 0. The summed E-state index contributed by atoms with van der Waals surface area (Å²) in [6, 6.07) is 20.5. The number of nitrogens with zero attached hydrogens (tertiary/aromatic N) is 2. The molecule has 2 aliphatic heterocycles. The van der Waals surface area contributed by atoms with E-state index in [4.69, 9.17) is 11.6 Å². The first-order valence-electron chi connectivity index (χ1n) is 14.6. The predicted molar refractivity (Wildman–Crippen MR) is 164 cm³/mol. The number of hydrogen-bond acceptors (Lipinski definition) is 3. The van der Waals surface area contributed by atoms with E-state index in [1.54, 1.807) is 35.2 Å². The molecule has 1 fully saturated rings. The summed E-state index contributed by atoms with van der Waals surface area (Å²) in [5.74, 6) is -0.634. The monoisotopic (exact) mass is 578 g/mol. The number of rotatable bonds is 6. The smallest absolute Gasteiger partial charge is 0.332 e. The van der Waals surface area contributed by atoms with Crippen molar-refractivity contribution >= 4 is 46.0 Å². The van der Waals surface area contributed by atoms with Gasteiger partial charge in [0.05, 0.1) is 11.3 Å². The molecule has 1 aromatic heterocycles. The van der Waals surface area contributed by atoms with Crippen LogP contribution in [0.2, 0.25) is 5.02 Å². The van der Waals surface area contributed by atoms with E-state index >= 15 is 0 Å². The Labute approximate surface area is 249 Å². The summed E-state index contributed by atoms with van der Waals surface area (Å²) < 4.78 is 0. The Bertz CT molecular complexity index is 1760. The normalized spacial score (nSPS) is 20.0. The third kappa shape index (κ3) is 4.49. The van der Waals surface area contributed by atoms with Gasteiger partial charge in [0.2, 0.25) is 0 Å². The highest BCUT2D eigenvalue weighted by Crippen LogP contribution is 2.45. The molecule has 7 nitrogen and oxygen atoms in total. The van der Waals surface area contributed by atoms with Gasteiger partial charge in [0.25, 0.3) is 11.8 Å². The van der Waals surface area contributed by atoms with E-state index in [0.29, 0.717) is 29.2 Å². The lowest BCUT2D eigenvalue weighted by Gasteiger charge is -2.36. The molecule has 2 N–H and O–H groups in total. The van der Waals surface area contributed by atoms with E-state index in [9.17, 15) is 14.4 Å². The number of carbonyl (C=O) groups is 3. The number of amides is 4. The van der Waals surface area contributed by atoms with Crippen molar-refractivity contribution in [3.8, 4) is 0 Å². The maximum absolute atomic E-state index is 14.3. The van der Waals surface area contributed by atoms with Crippen LogP contribution in [0.15, 0.2) is 84.4 Å². The zero-order valence-electron chi connectivity index (χ0n) is 23.1. The minimum absolute atomic E-state index is 0.296. The van der Waals surface area contributed by atoms with Gasteiger partial charge in [-0.25, -0.2) is 9.69 Å². The van der Waals surface area contributed by atoms with Crippen LogP contribution < -0.4 is 10.2 Å². The number of urea groups is 1. The van der Waals surface area contributed by atoms with Gasteiger partial charge in [0, 0.05) is 34.6 Å². The van der Waals surface area contributed by atoms with Crippen LogP contribution in [0.25, 0.3) is 10.9 Å². The zero-order valence-corrected chi connectivity index (χ0v) is 23.9. The van der Waals surface area contributed by atoms with Crippen LogP contribution in [0, 0.1) is 0 Å². The van der Waals surface area contributed by atoms with Crippen LogP contribution in [0.4, 0.5) is 10.5 Å². The first-order chi connectivity index (χ1) is 20.5. The number of aromatic nitrogens is 1. The van der Waals surface area contributed by atoms with Gasteiger partial charge in [-0.2, -0.15) is 0 Å². The fourth-order valence-electron chi connectivity index (χ4n) is 6.74. The number of imide groups is 1. The second kappa shape index (κ2) is 10.8. The van der Waals surface area contributed by atoms with Crippen molar-refractivity contribution in [3.63, 3.8) is 0 Å². The maximum atomic E-state index is 14.3. The molecule has 3 aromatic carbocycles. The molecule has 0 spiro atoms. The van der Waals surface area contributed by atoms with Crippen LogP contribution in [0.3, 0.4) is 0 Å². The van der Waals surface area contributed by atoms with Crippen LogP contribution in [0.5, 0.6) is 0 Å². The molecule has 212 valence electrons. The summed E-state index contributed by atoms with van der Waals surface area (Å²) in [5, 5.41) is 4.59. The highest BCUT2D eigenvalue weighted by molar-refractivity contribution is 6.30. The Kier molecular flexibility index (Phi) is 6.82. The Morgan fingerprint density at radius 1 is 1.00 bits per heavy atom. The Balaban J connectivity index is 1.24. The second-order valence-corrected chi connectivity index (χ2v) is 11.7. The molecule has 1 aliphatic carbocycles. The molecule has 0 saturated carbocycles. The number of allylic oxidation sites excluding steroid dienone is 1. The number of para-hydroxylation sites is 2. The summed E-state index contributed by atoms with van der Waals surface area (Å²) in [4.78, 5) is 48.2. The number of carbonyl (C=O) groups excluding carboxylic acids is 3. The molecule has 4 aromatic rings. The maximum Gasteiger partial charge on any atom is 0.332 e. The summed E-state index contributed by atoms with van der Waals surface area (Å²) in [6.07, 6.45) is 8.03. The summed E-state index contributed by atoms with van der Waals surface area (Å²) >= 11 is 6.41. The van der Waals surface area contributed by atoms with Gasteiger partial charge in [0.15, 0.2) is 0 Å². The van der Waals surface area contributed by atoms with Crippen molar-refractivity contribution in [2.24, 2.45) is 0 Å². The first kappa shape index (κ1) is 26.5. The molecular weight excluding hydrogens is 548 g/mol. The fraction of sp³-hybridized carbons (Fsp3) is 0.265. The van der Waals surface area contributed by atoms with Crippen molar-refractivity contribution in [2.75, 3.05) is 11.4 Å². The Morgan fingerprint density at radius 2 is 1.83 bits per heavy atom. The minimum Gasteiger partial charge on any atom is -0.356 e. The van der Waals surface area contributed by atoms with Crippen molar-refractivity contribution in [1.82, 2.24) is 15.2 Å². The number of benzene rings is 3. The zero-order chi connectivity index (χ0) is 28.8. The lowest BCUT2D eigenvalue weighted by Crippen LogP contribution is -2.44. The van der Waals surface area contributed by atoms with Gasteiger partial charge in [-0.1, -0.05) is 65.7 Å². The molecular formula is C34H31ClN4O3. The molecule has 3 aliphatic rings. The van der Waals surface area contributed by atoms with E-state index in [2.05, 4.69) is 16.4 Å². The summed E-state index contributed by atoms with van der Waals surface area (Å²) in [5.41, 5.74) is 5.64. The topological polar surface area (TPSA) is 85.5 Å². The SMILES string of the molecule is O=C(NCCC1=CCCCC1)c1ccccc1N1C(=O)[C@@H]2Cc3c([nH]c4ccccc34)[C@H](c3cccc(Cl)c3)N2C1=O. The molecule has 7 rings (SSSR count). The van der Waals surface area contributed by atoms with Crippen molar-refractivity contribution < 1.29 is 14.4 Å². The lowest BCUT2D eigenvalue weighted by atomic mass is 9.89. The number of anilines is 1. The van der Waals surface area contributed by atoms with E-state index in [1.807, 2.05) is 42.5 Å². The third-order valence-corrected chi connectivity index (χ3v) is 8.95. The molecule has 42 heavy (non-hydrogen) atoms. The van der Waals surface area contributed by atoms with Crippen LogP contribution >= 0.6 is 11.6 Å². The van der Waals surface area contributed by atoms with Crippen molar-refractivity contribution in [3.05, 3.63) is 112 Å². The molecule has 0 unspecified atom stereocenters. The van der Waals surface area contributed by atoms with Crippen molar-refractivity contribution in [2.45, 2.75) is 50.6 Å². The van der Waals surface area contributed by atoms with Gasteiger partial charge >= 0.3 is 6.03 Å². The molecule has 0 radical (unpaired) electrons. The molecule has 2 atom stereocenters. The van der Waals surface area contributed by atoms with Crippen molar-refractivity contribution in [1.29, 1.82) is 0 Å². The number of fused-ring (bicyclic) bond motifs is 4. The minimum atomic E-state index is -0.720. The average Bonchev–Trinajstić information content (AvgIpc) is 3.50. The Hall–Kier alpha value is -4.36. The lowest BCUT2D eigenvalue weighted by molar-refractivity contribution is -0.120. The standard InChI is InChI=1S/C34H31ClN4O3/c35-23-12-8-11-22(19-23)31-30-26(24-13-4-6-15-27(24)37-30)20-29-33(41)39(34(42)38(29)31)28-16-7-5-14-25(28)32(40)36-18-17-21-9-2-1-3-10-21/h4-9,11-16,19,29,31,37H,1-3,10,17-18,20H2,(H,36,40)/t29-,31-/m0/s1. The number of nitrogens with one attached hydrogen (secondary N) is 2. The van der Waals surface area contributed by atoms with E-state index in [0.717, 1.165) is 47.0 Å². The Morgan fingerprint density at radius 3 is 2.67 bits per heavy atom. The molecule has 1 saturated heterocycles. The highest BCUT2D eigenvalue weighted by atomic mass is 35.5. The number of aromatic amines is 1. The van der Waals surface area contributed by atoms with E-state index < -0.39 is 18.1 Å². The highest BCUT2D eigenvalue weighted by Gasteiger charge is 2.53. The fourth-order valence-corrected chi connectivity index (χ4v) is 6.94. The first-order valence-corrected chi connectivity index (χ1v) is 15.0. The van der Waals surface area contributed by atoms with Gasteiger partial charge in [0.1, 0.15) is 12.1 Å². The molecule has 0 bridgehead atoms. The molecule has 8 heteroatoms. The molecule has 3 heterocycles.